The molecule has 0 fully saturated rings. The number of nitrogens with zero attached hydrogens (tertiary/aromatic N) is 1. The lowest BCUT2D eigenvalue weighted by molar-refractivity contribution is -0.114. The van der Waals surface area contributed by atoms with Crippen LogP contribution in [0.1, 0.15) is 23.7 Å². The Kier molecular flexibility index (Phi) is 2.60. The van der Waals surface area contributed by atoms with Crippen molar-refractivity contribution in [3.63, 3.8) is 0 Å². The molecule has 0 saturated heterocycles. The van der Waals surface area contributed by atoms with Gasteiger partial charge in [0.1, 0.15) is 0 Å². The number of anilines is 1. The van der Waals surface area contributed by atoms with Gasteiger partial charge in [0.25, 0.3) is 11.7 Å². The van der Waals surface area contributed by atoms with Crippen LogP contribution in [-0.2, 0) is 4.79 Å². The van der Waals surface area contributed by atoms with E-state index in [1.165, 1.54) is 4.90 Å². The minimum atomic E-state index is -0.428. The van der Waals surface area contributed by atoms with E-state index in [4.69, 9.17) is 0 Å². The van der Waals surface area contributed by atoms with Crippen molar-refractivity contribution in [1.82, 2.24) is 0 Å². The van der Waals surface area contributed by atoms with Gasteiger partial charge in [-0.15, -0.1) is 6.58 Å². The lowest BCUT2D eigenvalue weighted by Gasteiger charge is -2.15. The van der Waals surface area contributed by atoms with Gasteiger partial charge >= 0.3 is 0 Å². The molecule has 0 atom stereocenters. The first-order valence-electron chi connectivity index (χ1n) is 5.21. The molecule has 82 valence electrons. The summed E-state index contributed by atoms with van der Waals surface area (Å²) in [5, 5.41) is 0. The zero-order valence-electron chi connectivity index (χ0n) is 9.19. The number of hydrogen-bond donors (Lipinski definition) is 0. The largest absolute Gasteiger partial charge is 0.304 e. The summed E-state index contributed by atoms with van der Waals surface area (Å²) < 4.78 is 0. The topological polar surface area (TPSA) is 37.4 Å². The van der Waals surface area contributed by atoms with Crippen molar-refractivity contribution in [3.8, 4) is 0 Å². The highest BCUT2D eigenvalue weighted by molar-refractivity contribution is 6.52. The Morgan fingerprint density at radius 3 is 2.69 bits per heavy atom. The van der Waals surface area contributed by atoms with Crippen LogP contribution in [0.15, 0.2) is 36.4 Å². The molecule has 1 heterocycles. The molecule has 0 unspecified atom stereocenters. The average Bonchev–Trinajstić information content (AvgIpc) is 2.50. The van der Waals surface area contributed by atoms with Crippen molar-refractivity contribution < 1.29 is 9.59 Å². The number of rotatable bonds is 3. The zero-order valence-corrected chi connectivity index (χ0v) is 9.19. The van der Waals surface area contributed by atoms with E-state index < -0.39 is 11.7 Å². The molecular formula is C13H13NO2. The molecule has 1 aromatic carbocycles. The SMILES string of the molecule is C=C(C)CCN1C(=O)C(=O)c2ccccc21. The molecule has 1 amide bonds. The zero-order chi connectivity index (χ0) is 11.7. The van der Waals surface area contributed by atoms with Crippen molar-refractivity contribution in [1.29, 1.82) is 0 Å². The molecule has 3 heteroatoms. The third-order valence-electron chi connectivity index (χ3n) is 2.64. The first-order chi connectivity index (χ1) is 7.61. The minimum absolute atomic E-state index is 0.405. The van der Waals surface area contributed by atoms with Gasteiger partial charge in [0.05, 0.1) is 11.3 Å². The predicted octanol–water partition coefficient (Wildman–Crippen LogP) is 2.18. The number of Topliss-reactive ketones (excluding diaryl/α,β-unsaturated/α-hetero) is 1. The Morgan fingerprint density at radius 1 is 1.31 bits per heavy atom. The molecule has 2 rings (SSSR count). The van der Waals surface area contributed by atoms with E-state index >= 15 is 0 Å². The van der Waals surface area contributed by atoms with Gasteiger partial charge in [0.2, 0.25) is 0 Å². The van der Waals surface area contributed by atoms with Crippen LogP contribution in [0.5, 0.6) is 0 Å². The van der Waals surface area contributed by atoms with Crippen molar-refractivity contribution in [3.05, 3.63) is 42.0 Å². The molecule has 0 bridgehead atoms. The molecule has 0 aliphatic carbocycles. The summed E-state index contributed by atoms with van der Waals surface area (Å²) in [6.07, 6.45) is 0.716. The molecule has 1 aliphatic rings. The van der Waals surface area contributed by atoms with Gasteiger partial charge in [0.15, 0.2) is 0 Å². The number of amides is 1. The van der Waals surface area contributed by atoms with E-state index in [-0.39, 0.29) is 0 Å². The number of carbonyl (C=O) groups excluding carboxylic acids is 2. The second-order valence-electron chi connectivity index (χ2n) is 4.01. The molecule has 1 aliphatic heterocycles. The number of fused-ring (bicyclic) bond motifs is 1. The van der Waals surface area contributed by atoms with Gasteiger partial charge < -0.3 is 4.90 Å². The fraction of sp³-hybridized carbons (Fsp3) is 0.231. The summed E-state index contributed by atoms with van der Waals surface area (Å²) in [6.45, 7) is 6.23. The first-order valence-corrected chi connectivity index (χ1v) is 5.21. The normalized spacial score (nSPS) is 14.2. The monoisotopic (exact) mass is 215 g/mol. The maximum absolute atomic E-state index is 11.7. The van der Waals surface area contributed by atoms with Gasteiger partial charge in [-0.3, -0.25) is 9.59 Å². The van der Waals surface area contributed by atoms with Crippen molar-refractivity contribution in [2.75, 3.05) is 11.4 Å². The third kappa shape index (κ3) is 1.65. The average molecular weight is 215 g/mol. The maximum atomic E-state index is 11.7. The number of ketones is 1. The van der Waals surface area contributed by atoms with Gasteiger partial charge in [-0.25, -0.2) is 0 Å². The van der Waals surface area contributed by atoms with E-state index in [9.17, 15) is 9.59 Å². The van der Waals surface area contributed by atoms with E-state index in [2.05, 4.69) is 6.58 Å². The van der Waals surface area contributed by atoms with Gasteiger partial charge in [0, 0.05) is 6.54 Å². The second-order valence-corrected chi connectivity index (χ2v) is 4.01. The number of carbonyl (C=O) groups is 2. The van der Waals surface area contributed by atoms with Crippen LogP contribution < -0.4 is 4.90 Å². The molecule has 1 aromatic rings. The van der Waals surface area contributed by atoms with Crippen molar-refractivity contribution in [2.24, 2.45) is 0 Å². The molecule has 0 aromatic heterocycles. The quantitative estimate of drug-likeness (QED) is 0.572. The Hall–Kier alpha value is -1.90. The summed E-state index contributed by atoms with van der Waals surface area (Å²) in [6, 6.07) is 7.09. The standard InChI is InChI=1S/C13H13NO2/c1-9(2)7-8-14-11-6-4-3-5-10(11)12(15)13(14)16/h3-6H,1,7-8H2,2H3. The Labute approximate surface area is 94.4 Å². The molecular weight excluding hydrogens is 202 g/mol. The van der Waals surface area contributed by atoms with Crippen LogP contribution in [0.25, 0.3) is 0 Å². The number of benzene rings is 1. The minimum Gasteiger partial charge on any atom is -0.304 e. The van der Waals surface area contributed by atoms with Crippen LogP contribution in [0, 0.1) is 0 Å². The fourth-order valence-corrected chi connectivity index (χ4v) is 1.77. The highest BCUT2D eigenvalue weighted by Crippen LogP contribution is 2.28. The smallest absolute Gasteiger partial charge is 0.299 e. The second kappa shape index (κ2) is 3.93. The Balaban J connectivity index is 2.30. The molecule has 0 radical (unpaired) electrons. The molecule has 0 spiro atoms. The predicted molar refractivity (Wildman–Crippen MR) is 62.6 cm³/mol. The number of para-hydroxylation sites is 1. The van der Waals surface area contributed by atoms with Crippen LogP contribution >= 0.6 is 0 Å². The van der Waals surface area contributed by atoms with Crippen molar-refractivity contribution in [2.45, 2.75) is 13.3 Å². The van der Waals surface area contributed by atoms with Crippen molar-refractivity contribution >= 4 is 17.4 Å². The van der Waals surface area contributed by atoms with Crippen LogP contribution in [-0.4, -0.2) is 18.2 Å². The van der Waals surface area contributed by atoms with E-state index in [1.807, 2.05) is 13.0 Å². The summed E-state index contributed by atoms with van der Waals surface area (Å²) in [5.41, 5.74) is 2.23. The highest BCUT2D eigenvalue weighted by atomic mass is 16.2. The lowest BCUT2D eigenvalue weighted by atomic mass is 10.1. The van der Waals surface area contributed by atoms with Crippen LogP contribution in [0.4, 0.5) is 5.69 Å². The summed E-state index contributed by atoms with van der Waals surface area (Å²) >= 11 is 0. The lowest BCUT2D eigenvalue weighted by Crippen LogP contribution is -2.30. The molecule has 0 saturated carbocycles. The fourth-order valence-electron chi connectivity index (χ4n) is 1.77. The molecule has 16 heavy (non-hydrogen) atoms. The molecule has 3 nitrogen and oxygen atoms in total. The van der Waals surface area contributed by atoms with Crippen LogP contribution in [0.3, 0.4) is 0 Å². The van der Waals surface area contributed by atoms with Gasteiger partial charge in [-0.05, 0) is 25.5 Å². The summed E-state index contributed by atoms with van der Waals surface area (Å²) in [7, 11) is 0. The summed E-state index contributed by atoms with van der Waals surface area (Å²) in [4.78, 5) is 24.9. The van der Waals surface area contributed by atoms with Crippen LogP contribution in [0.2, 0.25) is 0 Å². The van der Waals surface area contributed by atoms with E-state index in [1.54, 1.807) is 18.2 Å². The molecule has 0 N–H and O–H groups in total. The highest BCUT2D eigenvalue weighted by Gasteiger charge is 2.34. The Bertz CT molecular complexity index is 477. The number of hydrogen-bond acceptors (Lipinski definition) is 2. The Morgan fingerprint density at radius 2 is 2.00 bits per heavy atom. The maximum Gasteiger partial charge on any atom is 0.299 e. The third-order valence-corrected chi connectivity index (χ3v) is 2.64. The van der Waals surface area contributed by atoms with Gasteiger partial charge in [-0.2, -0.15) is 0 Å². The first kappa shape index (κ1) is 10.6. The summed E-state index contributed by atoms with van der Waals surface area (Å²) in [5.74, 6) is -0.834. The van der Waals surface area contributed by atoms with Gasteiger partial charge in [-0.1, -0.05) is 17.7 Å². The van der Waals surface area contributed by atoms with E-state index in [0.29, 0.717) is 18.5 Å². The van der Waals surface area contributed by atoms with E-state index in [0.717, 1.165) is 11.3 Å².